The lowest BCUT2D eigenvalue weighted by Crippen LogP contribution is -2.37. The molecule has 0 saturated heterocycles. The minimum Gasteiger partial charge on any atom is -0.487 e. The number of carbonyl (C=O) groups is 3. The van der Waals surface area contributed by atoms with E-state index >= 15 is 0 Å². The van der Waals surface area contributed by atoms with E-state index in [0.717, 1.165) is 21.7 Å². The third-order valence-corrected chi connectivity index (χ3v) is 7.98. The Balaban J connectivity index is 1.68. The summed E-state index contributed by atoms with van der Waals surface area (Å²) < 4.78 is 36.6. The quantitative estimate of drug-likeness (QED) is 0.219. The number of thiophene rings is 1. The highest BCUT2D eigenvalue weighted by atomic mass is 32.2. The number of hydrogen-bond donors (Lipinski definition) is 3. The van der Waals surface area contributed by atoms with Crippen LogP contribution in [0.2, 0.25) is 0 Å². The third kappa shape index (κ3) is 6.69. The van der Waals surface area contributed by atoms with Crippen molar-refractivity contribution in [3.8, 4) is 16.5 Å². The molecule has 4 aromatic rings. The molecule has 0 aliphatic carbocycles. The number of aliphatic carboxylic acids is 1. The first-order valence-electron chi connectivity index (χ1n) is 11.8. The van der Waals surface area contributed by atoms with Crippen molar-refractivity contribution in [3.05, 3.63) is 60.0 Å². The number of aldehydes is 1. The molecule has 0 bridgehead atoms. The molecule has 0 aliphatic heterocycles. The number of hydrogen-bond acceptors (Lipinski definition) is 8. The van der Waals surface area contributed by atoms with Crippen molar-refractivity contribution in [1.29, 1.82) is 0 Å². The normalized spacial score (nSPS) is 13.1. The van der Waals surface area contributed by atoms with Crippen molar-refractivity contribution >= 4 is 56.2 Å². The van der Waals surface area contributed by atoms with Gasteiger partial charge in [-0.05, 0) is 42.6 Å². The Morgan fingerprint density at radius 1 is 1.18 bits per heavy atom. The van der Waals surface area contributed by atoms with E-state index in [4.69, 9.17) is 14.8 Å². The Kier molecular flexibility index (Phi) is 8.43. The number of nitrogens with zero attached hydrogens (tertiary/aromatic N) is 2. The summed E-state index contributed by atoms with van der Waals surface area (Å²) >= 11 is 1.54. The number of carboxylic acids is 1. The van der Waals surface area contributed by atoms with Gasteiger partial charge in [0.25, 0.3) is 0 Å². The van der Waals surface area contributed by atoms with Crippen LogP contribution in [0.25, 0.3) is 21.7 Å². The van der Waals surface area contributed by atoms with Crippen LogP contribution >= 0.6 is 11.3 Å². The monoisotopic (exact) mass is 570 g/mol. The van der Waals surface area contributed by atoms with Gasteiger partial charge in [-0.1, -0.05) is 18.2 Å². The molecule has 2 heterocycles. The third-order valence-electron chi connectivity index (χ3n) is 5.58. The van der Waals surface area contributed by atoms with Crippen LogP contribution in [0.3, 0.4) is 0 Å². The van der Waals surface area contributed by atoms with Crippen LogP contribution in [0.1, 0.15) is 20.3 Å². The summed E-state index contributed by atoms with van der Waals surface area (Å²) in [5.74, 6) is -1.04. The highest BCUT2D eigenvalue weighted by molar-refractivity contribution is 7.89. The van der Waals surface area contributed by atoms with Gasteiger partial charge in [-0.2, -0.15) is 0 Å². The van der Waals surface area contributed by atoms with E-state index in [1.807, 2.05) is 46.3 Å². The Morgan fingerprint density at radius 3 is 2.62 bits per heavy atom. The minimum absolute atomic E-state index is 0.0803. The minimum atomic E-state index is -4.38. The number of carbonyl (C=O) groups excluding carboxylic acids is 2. The van der Waals surface area contributed by atoms with Crippen LogP contribution in [-0.4, -0.2) is 53.4 Å². The maximum atomic E-state index is 13.2. The van der Waals surface area contributed by atoms with E-state index < -0.39 is 34.6 Å². The predicted molar refractivity (Wildman–Crippen MR) is 146 cm³/mol. The number of sulfonamides is 1. The second-order valence-corrected chi connectivity index (χ2v) is 11.4. The number of para-hydroxylation sites is 2. The zero-order valence-corrected chi connectivity index (χ0v) is 22.7. The molecule has 11 nitrogen and oxygen atoms in total. The summed E-state index contributed by atoms with van der Waals surface area (Å²) in [6.07, 6.45) is -1.08. The van der Waals surface area contributed by atoms with Crippen LogP contribution in [0.15, 0.2) is 64.9 Å². The number of amides is 1. The molecule has 3 N–H and O–H groups in total. The van der Waals surface area contributed by atoms with Crippen molar-refractivity contribution in [2.75, 3.05) is 5.32 Å². The maximum absolute atomic E-state index is 13.2. The summed E-state index contributed by atoms with van der Waals surface area (Å²) in [5.41, 5.74) is 1.97. The lowest BCUT2D eigenvalue weighted by molar-refractivity contribution is -0.138. The number of fused-ring (bicyclic) bond motifs is 1. The number of imidazole rings is 1. The van der Waals surface area contributed by atoms with Gasteiger partial charge in [0, 0.05) is 18.7 Å². The lowest BCUT2D eigenvalue weighted by atomic mass is 10.2. The second-order valence-electron chi connectivity index (χ2n) is 8.74. The van der Waals surface area contributed by atoms with Gasteiger partial charge in [-0.15, -0.1) is 11.3 Å². The van der Waals surface area contributed by atoms with Crippen molar-refractivity contribution < 1.29 is 32.6 Å². The molecule has 4 rings (SSSR count). The summed E-state index contributed by atoms with van der Waals surface area (Å²) in [6.45, 7) is 3.38. The lowest BCUT2D eigenvalue weighted by Gasteiger charge is -2.21. The standard InChI is InChI=1S/C26H26N4O7S2/c1-16(14-30-21-7-4-3-6-20(21)28-26(30)23-8-5-11-38-23)37-22-12-18(27-17(2)32)9-10-24(22)39(35,36)29-19(15-31)13-25(33)34/h3-12,15-16,19,29H,13-14H2,1-2H3,(H,27,32)(H,33,34). The number of benzene rings is 2. The fraction of sp³-hybridized carbons (Fsp3) is 0.231. The van der Waals surface area contributed by atoms with Crippen LogP contribution in [0.4, 0.5) is 5.69 Å². The average molecular weight is 571 g/mol. The van der Waals surface area contributed by atoms with Gasteiger partial charge in [0.2, 0.25) is 15.9 Å². The van der Waals surface area contributed by atoms with Gasteiger partial charge in [0.15, 0.2) is 5.82 Å². The van der Waals surface area contributed by atoms with E-state index in [1.54, 1.807) is 6.92 Å². The van der Waals surface area contributed by atoms with E-state index in [9.17, 15) is 22.8 Å². The first kappa shape index (κ1) is 28.0. The fourth-order valence-electron chi connectivity index (χ4n) is 4.04. The topological polar surface area (TPSA) is 157 Å². The highest BCUT2D eigenvalue weighted by Crippen LogP contribution is 2.31. The first-order chi connectivity index (χ1) is 18.6. The van der Waals surface area contributed by atoms with Gasteiger partial charge < -0.3 is 24.5 Å². The van der Waals surface area contributed by atoms with Crippen LogP contribution in [0.5, 0.6) is 5.75 Å². The van der Waals surface area contributed by atoms with Gasteiger partial charge in [-0.25, -0.2) is 18.1 Å². The smallest absolute Gasteiger partial charge is 0.305 e. The number of ether oxygens (including phenoxy) is 1. The number of aromatic nitrogens is 2. The van der Waals surface area contributed by atoms with Crippen LogP contribution < -0.4 is 14.8 Å². The summed E-state index contributed by atoms with van der Waals surface area (Å²) in [7, 11) is -4.38. The van der Waals surface area contributed by atoms with Crippen LogP contribution in [-0.2, 0) is 31.0 Å². The SMILES string of the molecule is CC(=O)Nc1ccc(S(=O)(=O)NC(C=O)CC(=O)O)c(OC(C)Cn2c(-c3cccs3)nc3ccccc32)c1. The number of rotatable bonds is 12. The Hall–Kier alpha value is -4.07. The zero-order chi connectivity index (χ0) is 28.2. The second kappa shape index (κ2) is 11.8. The van der Waals surface area contributed by atoms with Crippen molar-refractivity contribution in [2.24, 2.45) is 0 Å². The summed E-state index contributed by atoms with van der Waals surface area (Å²) in [5, 5.41) is 13.5. The molecule has 13 heteroatoms. The summed E-state index contributed by atoms with van der Waals surface area (Å²) in [4.78, 5) is 39.4. The molecule has 39 heavy (non-hydrogen) atoms. The van der Waals surface area contributed by atoms with Crippen molar-refractivity contribution in [1.82, 2.24) is 14.3 Å². The van der Waals surface area contributed by atoms with Crippen molar-refractivity contribution in [2.45, 2.75) is 43.9 Å². The summed E-state index contributed by atoms with van der Waals surface area (Å²) in [6, 6.07) is 14.0. The average Bonchev–Trinajstić information content (AvgIpc) is 3.51. The molecule has 0 radical (unpaired) electrons. The molecule has 2 unspecified atom stereocenters. The molecule has 204 valence electrons. The Labute approximate surface area is 228 Å². The van der Waals surface area contributed by atoms with Crippen molar-refractivity contribution in [3.63, 3.8) is 0 Å². The van der Waals surface area contributed by atoms with Gasteiger partial charge in [0.1, 0.15) is 23.0 Å². The van der Waals surface area contributed by atoms with Gasteiger partial charge in [-0.3, -0.25) is 9.59 Å². The molecular weight excluding hydrogens is 544 g/mol. The predicted octanol–water partition coefficient (Wildman–Crippen LogP) is 3.51. The zero-order valence-electron chi connectivity index (χ0n) is 21.0. The first-order valence-corrected chi connectivity index (χ1v) is 14.2. The molecule has 2 atom stereocenters. The molecular formula is C26H26N4O7S2. The molecule has 0 aliphatic rings. The van der Waals surface area contributed by atoms with E-state index in [-0.39, 0.29) is 22.8 Å². The van der Waals surface area contributed by atoms with E-state index in [2.05, 4.69) is 10.0 Å². The molecule has 0 fully saturated rings. The number of carboxylic acid groups (broad SMARTS) is 1. The Bertz CT molecular complexity index is 1610. The van der Waals surface area contributed by atoms with Gasteiger partial charge >= 0.3 is 5.97 Å². The Morgan fingerprint density at radius 2 is 1.95 bits per heavy atom. The van der Waals surface area contributed by atoms with Gasteiger partial charge in [0.05, 0.1) is 34.9 Å². The highest BCUT2D eigenvalue weighted by Gasteiger charge is 2.27. The number of anilines is 1. The maximum Gasteiger partial charge on any atom is 0.305 e. The van der Waals surface area contributed by atoms with E-state index in [1.165, 1.54) is 36.5 Å². The number of nitrogens with one attached hydrogen (secondary N) is 2. The van der Waals surface area contributed by atoms with E-state index in [0.29, 0.717) is 12.2 Å². The molecule has 0 saturated carbocycles. The van der Waals surface area contributed by atoms with Crippen LogP contribution in [0, 0.1) is 0 Å². The molecule has 2 aromatic heterocycles. The fourth-order valence-corrected chi connectivity index (χ4v) is 6.04. The molecule has 0 spiro atoms. The largest absolute Gasteiger partial charge is 0.487 e. The molecule has 2 aromatic carbocycles. The molecule has 1 amide bonds.